The Morgan fingerprint density at radius 2 is 1.69 bits per heavy atom. The monoisotopic (exact) mass is 416 g/mol. The van der Waals surface area contributed by atoms with Crippen LogP contribution in [-0.4, -0.2) is 55.7 Å². The molecule has 0 aliphatic carbocycles. The Labute approximate surface area is 170 Å². The van der Waals surface area contributed by atoms with E-state index in [4.69, 9.17) is 5.73 Å². The van der Waals surface area contributed by atoms with Crippen molar-refractivity contribution < 1.29 is 18.0 Å². The Morgan fingerprint density at radius 3 is 2.34 bits per heavy atom. The van der Waals surface area contributed by atoms with Crippen molar-refractivity contribution in [1.82, 2.24) is 9.21 Å². The van der Waals surface area contributed by atoms with Crippen LogP contribution in [-0.2, 0) is 10.0 Å². The number of carbonyl (C=O) groups excluding carboxylic acids is 2. The summed E-state index contributed by atoms with van der Waals surface area (Å²) in [6, 6.07) is 11.1. The molecular weight excluding hydrogens is 392 g/mol. The molecule has 3 N–H and O–H groups in total. The molecule has 2 aromatic carbocycles. The molecule has 0 spiro atoms. The van der Waals surface area contributed by atoms with Gasteiger partial charge in [-0.1, -0.05) is 18.2 Å². The summed E-state index contributed by atoms with van der Waals surface area (Å²) in [7, 11) is -3.62. The van der Waals surface area contributed by atoms with Crippen molar-refractivity contribution in [1.29, 1.82) is 0 Å². The number of nitrogens with zero attached hydrogens (tertiary/aromatic N) is 2. The van der Waals surface area contributed by atoms with Crippen LogP contribution in [0.2, 0.25) is 0 Å². The molecule has 1 aliphatic heterocycles. The highest BCUT2D eigenvalue weighted by Crippen LogP contribution is 2.23. The molecule has 0 bridgehead atoms. The van der Waals surface area contributed by atoms with Crippen LogP contribution in [0.15, 0.2) is 47.4 Å². The Hall–Kier alpha value is -2.91. The van der Waals surface area contributed by atoms with Crippen LogP contribution in [0.5, 0.6) is 0 Å². The fraction of sp³-hybridized carbons (Fsp3) is 0.300. The van der Waals surface area contributed by atoms with Crippen molar-refractivity contribution in [3.8, 4) is 0 Å². The summed E-state index contributed by atoms with van der Waals surface area (Å²) in [6.07, 6.45) is 0. The van der Waals surface area contributed by atoms with E-state index in [2.05, 4.69) is 5.32 Å². The number of urea groups is 1. The van der Waals surface area contributed by atoms with Crippen LogP contribution in [0.4, 0.5) is 10.5 Å². The number of sulfonamides is 1. The summed E-state index contributed by atoms with van der Waals surface area (Å²) < 4.78 is 27.5. The van der Waals surface area contributed by atoms with Gasteiger partial charge in [0, 0.05) is 37.4 Å². The molecule has 3 rings (SSSR count). The number of carbonyl (C=O) groups is 2. The summed E-state index contributed by atoms with van der Waals surface area (Å²) in [5.74, 6) is -0.220. The number of hydrogen-bond donors (Lipinski definition) is 2. The minimum Gasteiger partial charge on any atom is -0.351 e. The van der Waals surface area contributed by atoms with Crippen LogP contribution in [0.3, 0.4) is 0 Å². The van der Waals surface area contributed by atoms with Gasteiger partial charge in [0.1, 0.15) is 0 Å². The molecule has 1 fully saturated rings. The molecule has 8 nitrogen and oxygen atoms in total. The maximum atomic E-state index is 13.0. The van der Waals surface area contributed by atoms with Crippen molar-refractivity contribution in [2.75, 3.05) is 31.5 Å². The molecule has 29 heavy (non-hydrogen) atoms. The molecule has 0 unspecified atom stereocenters. The van der Waals surface area contributed by atoms with Gasteiger partial charge in [-0.3, -0.25) is 4.79 Å². The molecule has 1 saturated heterocycles. The van der Waals surface area contributed by atoms with Gasteiger partial charge in [0.15, 0.2) is 0 Å². The van der Waals surface area contributed by atoms with Crippen LogP contribution in [0.25, 0.3) is 0 Å². The van der Waals surface area contributed by atoms with Crippen molar-refractivity contribution in [3.63, 3.8) is 0 Å². The lowest BCUT2D eigenvalue weighted by Crippen LogP contribution is -2.50. The molecule has 1 aliphatic rings. The van der Waals surface area contributed by atoms with E-state index in [9.17, 15) is 18.0 Å². The summed E-state index contributed by atoms with van der Waals surface area (Å²) in [5.41, 5.74) is 7.53. The third-order valence-corrected chi connectivity index (χ3v) is 6.91. The third-order valence-electron chi connectivity index (χ3n) is 4.86. The van der Waals surface area contributed by atoms with E-state index in [1.165, 1.54) is 4.31 Å². The van der Waals surface area contributed by atoms with Gasteiger partial charge in [0.2, 0.25) is 10.0 Å². The van der Waals surface area contributed by atoms with E-state index in [1.807, 2.05) is 13.0 Å². The summed E-state index contributed by atoms with van der Waals surface area (Å²) in [4.78, 5) is 25.7. The first-order valence-corrected chi connectivity index (χ1v) is 10.7. The second kappa shape index (κ2) is 8.22. The molecule has 0 radical (unpaired) electrons. The first-order chi connectivity index (χ1) is 13.7. The number of primary amides is 1. The first-order valence-electron chi connectivity index (χ1n) is 9.21. The fourth-order valence-corrected chi connectivity index (χ4v) is 5.04. The van der Waals surface area contributed by atoms with Gasteiger partial charge in [-0.2, -0.15) is 4.31 Å². The van der Waals surface area contributed by atoms with E-state index >= 15 is 0 Å². The average Bonchev–Trinajstić information content (AvgIpc) is 2.69. The first kappa shape index (κ1) is 20.8. The molecule has 0 aromatic heterocycles. The number of benzene rings is 2. The van der Waals surface area contributed by atoms with Gasteiger partial charge >= 0.3 is 6.03 Å². The van der Waals surface area contributed by atoms with E-state index in [0.29, 0.717) is 21.7 Å². The quantitative estimate of drug-likeness (QED) is 0.793. The molecule has 154 valence electrons. The van der Waals surface area contributed by atoms with Crippen molar-refractivity contribution in [2.45, 2.75) is 18.7 Å². The highest BCUT2D eigenvalue weighted by atomic mass is 32.2. The number of amides is 3. The maximum absolute atomic E-state index is 13.0. The number of nitrogens with one attached hydrogen (secondary N) is 1. The number of aryl methyl sites for hydroxylation is 2. The minimum absolute atomic E-state index is 0.220. The topological polar surface area (TPSA) is 113 Å². The highest BCUT2D eigenvalue weighted by Gasteiger charge is 2.31. The van der Waals surface area contributed by atoms with Gasteiger partial charge in [0.25, 0.3) is 5.91 Å². The largest absolute Gasteiger partial charge is 0.351 e. The zero-order valence-corrected chi connectivity index (χ0v) is 17.2. The number of hydrogen-bond acceptors (Lipinski definition) is 4. The maximum Gasteiger partial charge on any atom is 0.316 e. The van der Waals surface area contributed by atoms with E-state index in [1.54, 1.807) is 48.2 Å². The average molecular weight is 417 g/mol. The lowest BCUT2D eigenvalue weighted by Gasteiger charge is -2.34. The van der Waals surface area contributed by atoms with Crippen molar-refractivity contribution in [3.05, 3.63) is 59.2 Å². The van der Waals surface area contributed by atoms with Crippen molar-refractivity contribution in [2.24, 2.45) is 5.73 Å². The van der Waals surface area contributed by atoms with Gasteiger partial charge in [-0.05, 0) is 49.2 Å². The minimum atomic E-state index is -3.62. The number of anilines is 1. The molecule has 2 aromatic rings. The molecule has 0 atom stereocenters. The van der Waals surface area contributed by atoms with Crippen LogP contribution in [0.1, 0.15) is 21.5 Å². The van der Waals surface area contributed by atoms with Crippen molar-refractivity contribution >= 4 is 27.6 Å². The Kier molecular flexibility index (Phi) is 5.90. The van der Waals surface area contributed by atoms with E-state index in [-0.39, 0.29) is 32.1 Å². The zero-order valence-electron chi connectivity index (χ0n) is 16.4. The standard InChI is InChI=1S/C20H24N4O4S/c1-14-6-7-15(2)18(12-14)29(27,28)24-10-8-23(9-11-24)19(25)16-4-3-5-17(13-16)22-20(21)26/h3-7,12-13H,8-11H2,1-2H3,(H3,21,22,26). The lowest BCUT2D eigenvalue weighted by atomic mass is 10.1. The lowest BCUT2D eigenvalue weighted by molar-refractivity contribution is 0.0698. The van der Waals surface area contributed by atoms with Gasteiger partial charge < -0.3 is 16.0 Å². The molecule has 3 amide bonds. The van der Waals surface area contributed by atoms with E-state index in [0.717, 1.165) is 5.56 Å². The summed E-state index contributed by atoms with van der Waals surface area (Å²) >= 11 is 0. The second-order valence-corrected chi connectivity index (χ2v) is 8.94. The molecule has 0 saturated carbocycles. The Morgan fingerprint density at radius 1 is 1.00 bits per heavy atom. The third kappa shape index (κ3) is 4.57. The normalized spacial score (nSPS) is 15.2. The number of piperazine rings is 1. The SMILES string of the molecule is Cc1ccc(C)c(S(=O)(=O)N2CCN(C(=O)c3cccc(NC(N)=O)c3)CC2)c1. The zero-order chi connectivity index (χ0) is 21.2. The predicted molar refractivity (Wildman–Crippen MR) is 110 cm³/mol. The molecular formula is C20H24N4O4S. The fourth-order valence-electron chi connectivity index (χ4n) is 3.31. The highest BCUT2D eigenvalue weighted by molar-refractivity contribution is 7.89. The van der Waals surface area contributed by atoms with Crippen LogP contribution >= 0.6 is 0 Å². The van der Waals surface area contributed by atoms with Crippen LogP contribution in [0, 0.1) is 13.8 Å². The van der Waals surface area contributed by atoms with E-state index < -0.39 is 16.1 Å². The smallest absolute Gasteiger partial charge is 0.316 e. The summed E-state index contributed by atoms with van der Waals surface area (Å²) in [6.45, 7) is 4.66. The second-order valence-electron chi connectivity index (χ2n) is 7.04. The number of rotatable bonds is 4. The number of nitrogens with two attached hydrogens (primary N) is 1. The van der Waals surface area contributed by atoms with Gasteiger partial charge in [-0.25, -0.2) is 13.2 Å². The molecule has 9 heteroatoms. The van der Waals surface area contributed by atoms with Crippen LogP contribution < -0.4 is 11.1 Å². The Balaban J connectivity index is 1.71. The Bertz CT molecular complexity index is 1040. The predicted octanol–water partition coefficient (Wildman–Crippen LogP) is 1.94. The van der Waals surface area contributed by atoms with Gasteiger partial charge in [0.05, 0.1) is 4.90 Å². The van der Waals surface area contributed by atoms with Gasteiger partial charge in [-0.15, -0.1) is 0 Å². The molecule has 1 heterocycles. The summed E-state index contributed by atoms with van der Waals surface area (Å²) in [5, 5.41) is 2.44.